The van der Waals surface area contributed by atoms with Crippen molar-refractivity contribution >= 4 is 61.8 Å². The Kier molecular flexibility index (Phi) is 8.72. The van der Waals surface area contributed by atoms with Crippen LogP contribution in [0.25, 0.3) is 17.0 Å². The van der Waals surface area contributed by atoms with Crippen LogP contribution in [0.3, 0.4) is 0 Å². The number of allylic oxidation sites excluding steroid dienone is 1. The summed E-state index contributed by atoms with van der Waals surface area (Å²) in [6, 6.07) is 18.6. The van der Waals surface area contributed by atoms with Crippen molar-refractivity contribution in [3.05, 3.63) is 124 Å². The molecule has 6 rings (SSSR count). The van der Waals surface area contributed by atoms with Gasteiger partial charge in [-0.25, -0.2) is 9.79 Å². The van der Waals surface area contributed by atoms with Gasteiger partial charge in [0.15, 0.2) is 16.3 Å². The molecule has 3 aromatic carbocycles. The van der Waals surface area contributed by atoms with E-state index < -0.39 is 12.0 Å². The fourth-order valence-electron chi connectivity index (χ4n) is 5.66. The molecule has 45 heavy (non-hydrogen) atoms. The highest BCUT2D eigenvalue weighted by Crippen LogP contribution is 2.40. The van der Waals surface area contributed by atoms with E-state index in [9.17, 15) is 9.59 Å². The number of methoxy groups -OCH3 is 2. The monoisotopic (exact) mass is 705 g/mol. The van der Waals surface area contributed by atoms with E-state index in [1.807, 2.05) is 54.7 Å². The van der Waals surface area contributed by atoms with Crippen LogP contribution in [0.5, 0.6) is 11.5 Å². The molecule has 0 saturated heterocycles. The van der Waals surface area contributed by atoms with Crippen LogP contribution in [-0.2, 0) is 16.1 Å². The third-order valence-corrected chi connectivity index (χ3v) is 9.57. The number of benzene rings is 3. The maximum Gasteiger partial charge on any atom is 0.338 e. The van der Waals surface area contributed by atoms with Crippen molar-refractivity contribution < 1.29 is 19.0 Å². The number of hydrogen-bond acceptors (Lipinski definition) is 7. The van der Waals surface area contributed by atoms with Crippen LogP contribution in [-0.4, -0.2) is 35.9 Å². The van der Waals surface area contributed by atoms with Crippen LogP contribution in [0.1, 0.15) is 36.6 Å². The van der Waals surface area contributed by atoms with Crippen LogP contribution in [0.2, 0.25) is 5.02 Å². The molecule has 0 fully saturated rings. The molecule has 0 aliphatic carbocycles. The molecule has 0 N–H and O–H groups in total. The van der Waals surface area contributed by atoms with Crippen LogP contribution >= 0.6 is 38.9 Å². The van der Waals surface area contributed by atoms with E-state index in [2.05, 4.69) is 26.6 Å². The first-order valence-electron chi connectivity index (χ1n) is 14.2. The minimum Gasteiger partial charge on any atom is -0.493 e. The maximum atomic E-state index is 14.3. The Labute approximate surface area is 276 Å². The predicted octanol–water partition coefficient (Wildman–Crippen LogP) is 6.23. The summed E-state index contributed by atoms with van der Waals surface area (Å²) in [5.41, 5.74) is 4.11. The van der Waals surface area contributed by atoms with E-state index in [4.69, 9.17) is 30.8 Å². The van der Waals surface area contributed by atoms with Gasteiger partial charge in [0.1, 0.15) is 0 Å². The summed E-state index contributed by atoms with van der Waals surface area (Å²) in [6.45, 7) is 4.30. The topological polar surface area (TPSA) is 84.1 Å². The summed E-state index contributed by atoms with van der Waals surface area (Å²) in [6.07, 6.45) is 3.94. The molecule has 230 valence electrons. The highest BCUT2D eigenvalue weighted by Gasteiger charge is 2.35. The van der Waals surface area contributed by atoms with Gasteiger partial charge in [-0.15, -0.1) is 0 Å². The standard InChI is InChI=1S/C34H29BrClN3O5S/c1-5-44-33(41)30-19(2)37-34-39(31(30)24-15-27(42-3)28(43-4)16-25(24)35)32(40)29(45-34)14-21-18-38(26-12-7-6-11-23(21)26)17-20-9-8-10-22(36)13-20/h6-16,18,31H,5,17H2,1-4H3/b29-14-/t31-/m1/s1. The van der Waals surface area contributed by atoms with E-state index in [-0.39, 0.29) is 17.7 Å². The van der Waals surface area contributed by atoms with Crippen molar-refractivity contribution in [2.24, 2.45) is 4.99 Å². The third kappa shape index (κ3) is 5.74. The Bertz CT molecular complexity index is 2180. The zero-order valence-electron chi connectivity index (χ0n) is 25.0. The molecule has 0 spiro atoms. The van der Waals surface area contributed by atoms with E-state index in [1.54, 1.807) is 37.7 Å². The molecular weight excluding hydrogens is 678 g/mol. The molecule has 0 amide bonds. The van der Waals surface area contributed by atoms with Crippen molar-refractivity contribution in [1.29, 1.82) is 0 Å². The molecule has 0 unspecified atom stereocenters. The van der Waals surface area contributed by atoms with Gasteiger partial charge in [-0.3, -0.25) is 9.36 Å². The van der Waals surface area contributed by atoms with Crippen molar-refractivity contribution in [2.45, 2.75) is 26.4 Å². The number of fused-ring (bicyclic) bond motifs is 2. The van der Waals surface area contributed by atoms with E-state index >= 15 is 0 Å². The summed E-state index contributed by atoms with van der Waals surface area (Å²) in [4.78, 5) is 32.9. The van der Waals surface area contributed by atoms with E-state index in [0.29, 0.717) is 48.1 Å². The average Bonchev–Trinajstić information content (AvgIpc) is 3.52. The minimum absolute atomic E-state index is 0.180. The summed E-state index contributed by atoms with van der Waals surface area (Å²) in [5.74, 6) is 0.431. The number of ether oxygens (including phenoxy) is 3. The maximum absolute atomic E-state index is 14.3. The van der Waals surface area contributed by atoms with Gasteiger partial charge < -0.3 is 18.8 Å². The zero-order chi connectivity index (χ0) is 31.8. The quantitative estimate of drug-likeness (QED) is 0.179. The molecule has 1 aliphatic rings. The number of halogens is 2. The zero-order valence-corrected chi connectivity index (χ0v) is 28.1. The lowest BCUT2D eigenvalue weighted by Crippen LogP contribution is -2.40. The average molecular weight is 707 g/mol. The number of rotatable bonds is 8. The van der Waals surface area contributed by atoms with Gasteiger partial charge in [0, 0.05) is 38.7 Å². The van der Waals surface area contributed by atoms with Gasteiger partial charge in [0.2, 0.25) is 0 Å². The Morgan fingerprint density at radius 2 is 1.84 bits per heavy atom. The summed E-state index contributed by atoms with van der Waals surface area (Å²) >= 11 is 11.2. The summed E-state index contributed by atoms with van der Waals surface area (Å²) < 4.78 is 21.4. The molecule has 0 radical (unpaired) electrons. The van der Waals surface area contributed by atoms with Gasteiger partial charge >= 0.3 is 5.97 Å². The number of aromatic nitrogens is 2. The largest absolute Gasteiger partial charge is 0.493 e. The molecule has 1 aliphatic heterocycles. The molecule has 3 heterocycles. The molecule has 0 bridgehead atoms. The third-order valence-electron chi connectivity index (χ3n) is 7.66. The Balaban J connectivity index is 1.55. The lowest BCUT2D eigenvalue weighted by molar-refractivity contribution is -0.139. The molecule has 11 heteroatoms. The molecule has 0 saturated carbocycles. The van der Waals surface area contributed by atoms with E-state index in [1.165, 1.54) is 18.4 Å². The molecule has 1 atom stereocenters. The van der Waals surface area contributed by atoms with Crippen LogP contribution in [0.15, 0.2) is 92.4 Å². The molecular formula is C34H29BrClN3O5S. The first kappa shape index (κ1) is 30.9. The second-order valence-electron chi connectivity index (χ2n) is 10.4. The normalized spacial score (nSPS) is 14.8. The Morgan fingerprint density at radius 3 is 2.58 bits per heavy atom. The van der Waals surface area contributed by atoms with Crippen molar-refractivity contribution in [3.8, 4) is 11.5 Å². The smallest absolute Gasteiger partial charge is 0.338 e. The Morgan fingerprint density at radius 1 is 1.09 bits per heavy atom. The van der Waals surface area contributed by atoms with Crippen molar-refractivity contribution in [3.63, 3.8) is 0 Å². The number of hydrogen-bond donors (Lipinski definition) is 0. The number of carbonyl (C=O) groups is 1. The molecule has 5 aromatic rings. The van der Waals surface area contributed by atoms with Gasteiger partial charge in [-0.05, 0) is 61.4 Å². The number of carbonyl (C=O) groups excluding carboxylic acids is 1. The summed E-state index contributed by atoms with van der Waals surface area (Å²) in [5, 5.41) is 1.69. The van der Waals surface area contributed by atoms with Gasteiger partial charge in [0.05, 0.1) is 42.7 Å². The highest BCUT2D eigenvalue weighted by atomic mass is 79.9. The minimum atomic E-state index is -0.819. The fraction of sp³-hybridized carbons (Fsp3) is 0.206. The van der Waals surface area contributed by atoms with E-state index in [0.717, 1.165) is 22.0 Å². The predicted molar refractivity (Wildman–Crippen MR) is 180 cm³/mol. The van der Waals surface area contributed by atoms with Gasteiger partial charge in [-0.1, -0.05) is 69.2 Å². The first-order chi connectivity index (χ1) is 21.7. The SMILES string of the molecule is CCOC(=O)C1=C(C)N=c2s/c(=C\c3cn(Cc4cccc(Cl)c4)c4ccccc34)c(=O)n2[C@@H]1c1cc(OC)c(OC)cc1Br. The number of para-hydroxylation sites is 1. The molecule has 8 nitrogen and oxygen atoms in total. The lowest BCUT2D eigenvalue weighted by atomic mass is 9.95. The summed E-state index contributed by atoms with van der Waals surface area (Å²) in [7, 11) is 3.09. The van der Waals surface area contributed by atoms with Crippen LogP contribution < -0.4 is 24.4 Å². The van der Waals surface area contributed by atoms with Gasteiger partial charge in [0.25, 0.3) is 5.56 Å². The number of esters is 1. The fourth-order valence-corrected chi connectivity index (χ4v) is 7.45. The van der Waals surface area contributed by atoms with Gasteiger partial charge in [-0.2, -0.15) is 0 Å². The highest BCUT2D eigenvalue weighted by molar-refractivity contribution is 9.10. The molecule has 2 aromatic heterocycles. The van der Waals surface area contributed by atoms with Crippen LogP contribution in [0.4, 0.5) is 0 Å². The van der Waals surface area contributed by atoms with Crippen LogP contribution in [0, 0.1) is 0 Å². The lowest BCUT2D eigenvalue weighted by Gasteiger charge is -2.26. The van der Waals surface area contributed by atoms with Crippen molar-refractivity contribution in [2.75, 3.05) is 20.8 Å². The Hall–Kier alpha value is -4.12. The second-order valence-corrected chi connectivity index (χ2v) is 12.7. The first-order valence-corrected chi connectivity index (χ1v) is 16.2. The second kappa shape index (κ2) is 12.7. The number of thiazole rings is 1. The van der Waals surface area contributed by atoms with Crippen molar-refractivity contribution in [1.82, 2.24) is 9.13 Å². The number of nitrogens with zero attached hydrogens (tertiary/aromatic N) is 3.